The van der Waals surface area contributed by atoms with E-state index in [0.717, 1.165) is 11.1 Å². The number of hydrogen-bond donors (Lipinski definition) is 3. The molecule has 4 aromatic carbocycles. The number of guanidine groups is 1. The predicted molar refractivity (Wildman–Crippen MR) is 156 cm³/mol. The standard InChI is InChI=1S/C30H27ClN4O5/c1-38-25-15-21(16-26(39-2)27(25)40-3)29(37)35-30(32)33-22-12-13-23(31)24(17-22)34-28(36)20-11-7-10-19(14-20)18-8-5-4-6-9-18/h4-17H,1-3H3,(H,34,36)(H3,32,33,35,37). The van der Waals surface area contributed by atoms with Gasteiger partial charge in [0.1, 0.15) is 0 Å². The van der Waals surface area contributed by atoms with Crippen LogP contribution >= 0.6 is 11.6 Å². The minimum atomic E-state index is -0.540. The lowest BCUT2D eigenvalue weighted by Gasteiger charge is -2.14. The first-order valence-electron chi connectivity index (χ1n) is 12.0. The van der Waals surface area contributed by atoms with Crippen LogP contribution in [0.25, 0.3) is 11.1 Å². The van der Waals surface area contributed by atoms with Crippen molar-refractivity contribution < 1.29 is 23.8 Å². The first-order chi connectivity index (χ1) is 19.3. The van der Waals surface area contributed by atoms with Gasteiger partial charge in [0, 0.05) is 11.1 Å². The average molecular weight is 559 g/mol. The van der Waals surface area contributed by atoms with Gasteiger partial charge in [-0.1, -0.05) is 54.1 Å². The lowest BCUT2D eigenvalue weighted by molar-refractivity contribution is 0.0974. The Hall–Kier alpha value is -5.02. The van der Waals surface area contributed by atoms with E-state index in [1.807, 2.05) is 42.5 Å². The number of benzene rings is 4. The molecule has 0 spiro atoms. The van der Waals surface area contributed by atoms with Crippen molar-refractivity contribution in [3.8, 4) is 28.4 Å². The number of anilines is 1. The highest BCUT2D eigenvalue weighted by Gasteiger charge is 2.18. The molecule has 4 aromatic rings. The maximum atomic E-state index is 13.0. The highest BCUT2D eigenvalue weighted by atomic mass is 35.5. The summed E-state index contributed by atoms with van der Waals surface area (Å²) in [6.07, 6.45) is 0. The number of nitrogens with two attached hydrogens (primary N) is 1. The van der Waals surface area contributed by atoms with Crippen LogP contribution in [0, 0.1) is 0 Å². The van der Waals surface area contributed by atoms with Crippen molar-refractivity contribution in [1.82, 2.24) is 5.32 Å². The predicted octanol–water partition coefficient (Wildman–Crippen LogP) is 5.66. The number of hydrogen-bond acceptors (Lipinski definition) is 6. The van der Waals surface area contributed by atoms with E-state index < -0.39 is 5.91 Å². The molecule has 0 aliphatic heterocycles. The second-order valence-electron chi connectivity index (χ2n) is 8.43. The molecule has 2 amide bonds. The number of rotatable bonds is 8. The van der Waals surface area contributed by atoms with Crippen molar-refractivity contribution in [2.75, 3.05) is 26.6 Å². The molecule has 4 rings (SSSR count). The summed E-state index contributed by atoms with van der Waals surface area (Å²) in [5, 5.41) is 5.65. The van der Waals surface area contributed by atoms with Crippen LogP contribution in [0.15, 0.2) is 89.9 Å². The van der Waals surface area contributed by atoms with Gasteiger partial charge in [0.05, 0.1) is 37.7 Å². The summed E-state index contributed by atoms with van der Waals surface area (Å²) >= 11 is 6.34. The summed E-state index contributed by atoms with van der Waals surface area (Å²) in [5.41, 5.74) is 9.29. The van der Waals surface area contributed by atoms with Crippen molar-refractivity contribution in [1.29, 1.82) is 0 Å². The maximum Gasteiger partial charge on any atom is 0.258 e. The van der Waals surface area contributed by atoms with E-state index in [4.69, 9.17) is 31.5 Å². The molecular formula is C30H27ClN4O5. The lowest BCUT2D eigenvalue weighted by atomic mass is 10.0. The van der Waals surface area contributed by atoms with E-state index in [2.05, 4.69) is 15.6 Å². The van der Waals surface area contributed by atoms with E-state index in [9.17, 15) is 9.59 Å². The SMILES string of the molecule is COc1cc(C(=O)NC(N)=Nc2ccc(Cl)c(NC(=O)c3cccc(-c4ccccc4)c3)c2)cc(OC)c1OC. The minimum Gasteiger partial charge on any atom is -0.493 e. The van der Waals surface area contributed by atoms with Gasteiger partial charge >= 0.3 is 0 Å². The smallest absolute Gasteiger partial charge is 0.258 e. The summed E-state index contributed by atoms with van der Waals surface area (Å²) in [7, 11) is 4.37. The third kappa shape index (κ3) is 6.51. The van der Waals surface area contributed by atoms with Crippen LogP contribution in [-0.4, -0.2) is 39.1 Å². The Morgan fingerprint density at radius 2 is 1.43 bits per heavy atom. The Balaban J connectivity index is 1.50. The number of nitrogens with one attached hydrogen (secondary N) is 2. The molecule has 0 aromatic heterocycles. The third-order valence-electron chi connectivity index (χ3n) is 5.85. The fourth-order valence-electron chi connectivity index (χ4n) is 3.91. The summed E-state index contributed by atoms with van der Waals surface area (Å²) in [6, 6.07) is 24.7. The molecule has 0 bridgehead atoms. The van der Waals surface area contributed by atoms with E-state index in [0.29, 0.717) is 39.2 Å². The summed E-state index contributed by atoms with van der Waals surface area (Å²) in [5.74, 6) is -0.0739. The number of aliphatic imine (C=N–C) groups is 1. The highest BCUT2D eigenvalue weighted by Crippen LogP contribution is 2.38. The lowest BCUT2D eigenvalue weighted by Crippen LogP contribution is -2.36. The first kappa shape index (κ1) is 28.0. The van der Waals surface area contributed by atoms with Crippen LogP contribution in [0.1, 0.15) is 20.7 Å². The summed E-state index contributed by atoms with van der Waals surface area (Å²) < 4.78 is 15.9. The fraction of sp³-hybridized carbons (Fsp3) is 0.100. The molecule has 40 heavy (non-hydrogen) atoms. The largest absolute Gasteiger partial charge is 0.493 e. The van der Waals surface area contributed by atoms with Gasteiger partial charge in [-0.05, 0) is 53.6 Å². The van der Waals surface area contributed by atoms with Crippen LogP contribution in [-0.2, 0) is 0 Å². The molecule has 4 N–H and O–H groups in total. The number of nitrogens with zero attached hydrogens (tertiary/aromatic N) is 1. The molecule has 0 unspecified atom stereocenters. The second-order valence-corrected chi connectivity index (χ2v) is 8.84. The Morgan fingerprint density at radius 3 is 2.08 bits per heavy atom. The molecule has 204 valence electrons. The molecule has 0 saturated heterocycles. The van der Waals surface area contributed by atoms with Gasteiger partial charge in [0.15, 0.2) is 11.5 Å². The number of carbonyl (C=O) groups is 2. The van der Waals surface area contributed by atoms with Crippen molar-refractivity contribution in [3.63, 3.8) is 0 Å². The van der Waals surface area contributed by atoms with Crippen LogP contribution in [0.2, 0.25) is 5.02 Å². The fourth-order valence-corrected chi connectivity index (χ4v) is 4.08. The zero-order chi connectivity index (χ0) is 28.6. The van der Waals surface area contributed by atoms with Gasteiger partial charge in [0.2, 0.25) is 11.7 Å². The quantitative estimate of drug-likeness (QED) is 0.189. The normalized spacial score (nSPS) is 10.9. The molecule has 9 nitrogen and oxygen atoms in total. The summed E-state index contributed by atoms with van der Waals surface area (Å²) in [6.45, 7) is 0. The van der Waals surface area contributed by atoms with Gasteiger partial charge in [-0.25, -0.2) is 4.99 Å². The van der Waals surface area contributed by atoms with Gasteiger partial charge in [-0.15, -0.1) is 0 Å². The van der Waals surface area contributed by atoms with Crippen LogP contribution < -0.4 is 30.6 Å². The van der Waals surface area contributed by atoms with Gasteiger partial charge in [0.25, 0.3) is 11.8 Å². The van der Waals surface area contributed by atoms with Crippen molar-refractivity contribution in [3.05, 3.63) is 101 Å². The van der Waals surface area contributed by atoms with Crippen LogP contribution in [0.5, 0.6) is 17.2 Å². The molecule has 0 heterocycles. The molecule has 0 radical (unpaired) electrons. The Kier molecular flexibility index (Phi) is 8.88. The van der Waals surface area contributed by atoms with Crippen molar-refractivity contribution >= 4 is 40.7 Å². The molecule has 0 saturated carbocycles. The Morgan fingerprint density at radius 1 is 0.750 bits per heavy atom. The summed E-state index contributed by atoms with van der Waals surface area (Å²) in [4.78, 5) is 30.1. The number of methoxy groups -OCH3 is 3. The van der Waals surface area contributed by atoms with Crippen LogP contribution in [0.4, 0.5) is 11.4 Å². The van der Waals surface area contributed by atoms with Gasteiger partial charge in [-0.3, -0.25) is 14.9 Å². The zero-order valence-corrected chi connectivity index (χ0v) is 22.8. The molecule has 0 aliphatic carbocycles. The first-order valence-corrected chi connectivity index (χ1v) is 12.4. The number of ether oxygens (including phenoxy) is 3. The second kappa shape index (κ2) is 12.7. The zero-order valence-electron chi connectivity index (χ0n) is 22.0. The molecule has 10 heteroatoms. The number of halogens is 1. The third-order valence-corrected chi connectivity index (χ3v) is 6.18. The van der Waals surface area contributed by atoms with Gasteiger partial charge in [-0.2, -0.15) is 0 Å². The molecule has 0 aliphatic rings. The maximum absolute atomic E-state index is 13.0. The van der Waals surface area contributed by atoms with E-state index >= 15 is 0 Å². The van der Waals surface area contributed by atoms with Crippen LogP contribution in [0.3, 0.4) is 0 Å². The average Bonchev–Trinajstić information content (AvgIpc) is 2.98. The molecule has 0 fully saturated rings. The highest BCUT2D eigenvalue weighted by molar-refractivity contribution is 6.34. The van der Waals surface area contributed by atoms with E-state index in [-0.39, 0.29) is 17.4 Å². The van der Waals surface area contributed by atoms with E-state index in [1.165, 1.54) is 33.5 Å². The topological polar surface area (TPSA) is 124 Å². The minimum absolute atomic E-state index is 0.172. The Bertz CT molecular complexity index is 1550. The van der Waals surface area contributed by atoms with Gasteiger partial charge < -0.3 is 25.3 Å². The number of amides is 2. The monoisotopic (exact) mass is 558 g/mol. The molecule has 0 atom stereocenters. The Labute approximate surface area is 236 Å². The van der Waals surface area contributed by atoms with Crippen molar-refractivity contribution in [2.45, 2.75) is 0 Å². The van der Waals surface area contributed by atoms with E-state index in [1.54, 1.807) is 30.3 Å². The molecular weight excluding hydrogens is 532 g/mol. The number of carbonyl (C=O) groups excluding carboxylic acids is 2. The van der Waals surface area contributed by atoms with Crippen molar-refractivity contribution in [2.24, 2.45) is 10.7 Å².